The monoisotopic (exact) mass is 290 g/mol. The van der Waals surface area contributed by atoms with E-state index < -0.39 is 0 Å². The van der Waals surface area contributed by atoms with E-state index in [9.17, 15) is 0 Å². The maximum Gasteiger partial charge on any atom is 0.147 e. The molecule has 0 saturated carbocycles. The molecule has 0 aromatic carbocycles. The third kappa shape index (κ3) is 2.25. The Labute approximate surface area is 122 Å². The van der Waals surface area contributed by atoms with E-state index in [1.807, 2.05) is 18.3 Å². The van der Waals surface area contributed by atoms with Crippen molar-refractivity contribution < 1.29 is 4.74 Å². The molecule has 0 bridgehead atoms. The van der Waals surface area contributed by atoms with Gasteiger partial charge in [-0.2, -0.15) is 4.37 Å². The van der Waals surface area contributed by atoms with E-state index in [0.29, 0.717) is 12.4 Å². The van der Waals surface area contributed by atoms with Crippen LogP contribution in [0, 0.1) is 0 Å². The SMILES string of the molecule is CC1(C)COCCN1c1snc(N)c1-c1cccnc1. The Morgan fingerprint density at radius 2 is 2.30 bits per heavy atom. The molecule has 106 valence electrons. The second-order valence-corrected chi connectivity index (χ2v) is 6.26. The van der Waals surface area contributed by atoms with Gasteiger partial charge in [0.1, 0.15) is 10.8 Å². The van der Waals surface area contributed by atoms with Gasteiger partial charge in [0.25, 0.3) is 0 Å². The minimum absolute atomic E-state index is 0.0613. The number of hydrogen-bond donors (Lipinski definition) is 1. The Morgan fingerprint density at radius 1 is 1.45 bits per heavy atom. The molecule has 0 spiro atoms. The van der Waals surface area contributed by atoms with Crippen LogP contribution >= 0.6 is 11.5 Å². The number of pyridine rings is 1. The van der Waals surface area contributed by atoms with E-state index in [0.717, 1.165) is 29.3 Å². The van der Waals surface area contributed by atoms with E-state index in [1.54, 1.807) is 6.20 Å². The average molecular weight is 290 g/mol. The zero-order valence-corrected chi connectivity index (χ0v) is 12.5. The van der Waals surface area contributed by atoms with Crippen molar-refractivity contribution in [2.45, 2.75) is 19.4 Å². The molecule has 3 rings (SSSR count). The first kappa shape index (κ1) is 13.3. The molecular formula is C14H18N4OS. The number of rotatable bonds is 2. The topological polar surface area (TPSA) is 64.3 Å². The van der Waals surface area contributed by atoms with Crippen LogP contribution < -0.4 is 10.6 Å². The summed E-state index contributed by atoms with van der Waals surface area (Å²) in [6.07, 6.45) is 3.59. The van der Waals surface area contributed by atoms with Gasteiger partial charge in [0.2, 0.25) is 0 Å². The van der Waals surface area contributed by atoms with Crippen LogP contribution in [0.5, 0.6) is 0 Å². The Morgan fingerprint density at radius 3 is 3.00 bits per heavy atom. The summed E-state index contributed by atoms with van der Waals surface area (Å²) in [6, 6.07) is 3.94. The fourth-order valence-electron chi connectivity index (χ4n) is 2.49. The van der Waals surface area contributed by atoms with Crippen LogP contribution in [0.4, 0.5) is 10.8 Å². The van der Waals surface area contributed by atoms with Crippen LogP contribution in [0.2, 0.25) is 0 Å². The first-order valence-corrected chi connectivity index (χ1v) is 7.38. The van der Waals surface area contributed by atoms with Crippen LogP contribution in [0.1, 0.15) is 13.8 Å². The summed E-state index contributed by atoms with van der Waals surface area (Å²) in [5.74, 6) is 0.570. The van der Waals surface area contributed by atoms with Gasteiger partial charge in [-0.3, -0.25) is 4.98 Å². The molecule has 1 aliphatic heterocycles. The normalized spacial score (nSPS) is 18.2. The highest BCUT2D eigenvalue weighted by Crippen LogP contribution is 2.42. The van der Waals surface area contributed by atoms with E-state index in [-0.39, 0.29) is 5.54 Å². The molecule has 5 nitrogen and oxygen atoms in total. The zero-order chi connectivity index (χ0) is 14.2. The summed E-state index contributed by atoms with van der Waals surface area (Å²) >= 11 is 1.45. The number of anilines is 2. The lowest BCUT2D eigenvalue weighted by Crippen LogP contribution is -2.53. The Kier molecular flexibility index (Phi) is 3.35. The fourth-order valence-corrected chi connectivity index (χ4v) is 3.52. The van der Waals surface area contributed by atoms with Gasteiger partial charge in [-0.25, -0.2) is 0 Å². The number of hydrogen-bond acceptors (Lipinski definition) is 6. The molecule has 1 fully saturated rings. The summed E-state index contributed by atoms with van der Waals surface area (Å²) in [6.45, 7) is 6.64. The molecule has 0 atom stereocenters. The molecule has 3 heterocycles. The highest BCUT2D eigenvalue weighted by Gasteiger charge is 2.34. The standard InChI is InChI=1S/C14H18N4OS/c1-14(2)9-19-7-6-18(14)13-11(12(15)17-20-13)10-4-3-5-16-8-10/h3-5,8H,6-7,9H2,1-2H3,(H2,15,17). The van der Waals surface area contributed by atoms with Gasteiger partial charge in [0, 0.05) is 24.5 Å². The highest BCUT2D eigenvalue weighted by molar-refractivity contribution is 7.11. The van der Waals surface area contributed by atoms with E-state index in [1.165, 1.54) is 11.5 Å². The second kappa shape index (κ2) is 5.03. The smallest absolute Gasteiger partial charge is 0.147 e. The molecule has 6 heteroatoms. The lowest BCUT2D eigenvalue weighted by Gasteiger charge is -2.43. The average Bonchev–Trinajstić information content (AvgIpc) is 2.81. The van der Waals surface area contributed by atoms with E-state index >= 15 is 0 Å². The van der Waals surface area contributed by atoms with Crippen LogP contribution in [0.3, 0.4) is 0 Å². The predicted octanol–water partition coefficient (Wildman–Crippen LogP) is 2.40. The minimum atomic E-state index is -0.0613. The lowest BCUT2D eigenvalue weighted by molar-refractivity contribution is 0.0649. The Balaban J connectivity index is 2.07. The summed E-state index contributed by atoms with van der Waals surface area (Å²) in [5, 5.41) is 1.10. The minimum Gasteiger partial charge on any atom is -0.382 e. The fraction of sp³-hybridized carbons (Fsp3) is 0.429. The predicted molar refractivity (Wildman–Crippen MR) is 82.0 cm³/mol. The quantitative estimate of drug-likeness (QED) is 0.920. The van der Waals surface area contributed by atoms with Gasteiger partial charge in [-0.15, -0.1) is 0 Å². The lowest BCUT2D eigenvalue weighted by atomic mass is 10.0. The number of ether oxygens (including phenoxy) is 1. The Bertz CT molecular complexity index is 596. The molecule has 20 heavy (non-hydrogen) atoms. The first-order valence-electron chi connectivity index (χ1n) is 6.60. The molecule has 2 N–H and O–H groups in total. The maximum absolute atomic E-state index is 6.08. The highest BCUT2D eigenvalue weighted by atomic mass is 32.1. The van der Waals surface area contributed by atoms with Crippen molar-refractivity contribution in [3.05, 3.63) is 24.5 Å². The molecule has 0 radical (unpaired) electrons. The maximum atomic E-state index is 6.08. The third-order valence-corrected chi connectivity index (χ3v) is 4.43. The van der Waals surface area contributed by atoms with Crippen molar-refractivity contribution in [2.75, 3.05) is 30.4 Å². The summed E-state index contributed by atoms with van der Waals surface area (Å²) in [4.78, 5) is 6.52. The van der Waals surface area contributed by atoms with Gasteiger partial charge >= 0.3 is 0 Å². The molecule has 0 amide bonds. The van der Waals surface area contributed by atoms with E-state index in [4.69, 9.17) is 10.5 Å². The van der Waals surface area contributed by atoms with Crippen molar-refractivity contribution in [3.8, 4) is 11.1 Å². The largest absolute Gasteiger partial charge is 0.382 e. The molecule has 0 unspecified atom stereocenters. The van der Waals surface area contributed by atoms with Crippen LogP contribution in [0.15, 0.2) is 24.5 Å². The molecule has 0 aliphatic carbocycles. The molecule has 2 aromatic rings. The van der Waals surface area contributed by atoms with Crippen molar-refractivity contribution in [2.24, 2.45) is 0 Å². The molecule has 2 aromatic heterocycles. The van der Waals surface area contributed by atoms with Gasteiger partial charge in [-0.05, 0) is 31.4 Å². The zero-order valence-electron chi connectivity index (χ0n) is 11.7. The molecular weight excluding hydrogens is 272 g/mol. The van der Waals surface area contributed by atoms with Crippen molar-refractivity contribution in [1.82, 2.24) is 9.36 Å². The van der Waals surface area contributed by atoms with Crippen molar-refractivity contribution in [1.29, 1.82) is 0 Å². The second-order valence-electron chi connectivity index (χ2n) is 5.51. The van der Waals surface area contributed by atoms with Gasteiger partial charge in [0.05, 0.1) is 24.3 Å². The number of aromatic nitrogens is 2. The van der Waals surface area contributed by atoms with Gasteiger partial charge in [0.15, 0.2) is 0 Å². The van der Waals surface area contributed by atoms with Gasteiger partial charge < -0.3 is 15.4 Å². The molecule has 1 saturated heterocycles. The molecule has 1 aliphatic rings. The van der Waals surface area contributed by atoms with Crippen molar-refractivity contribution >= 4 is 22.4 Å². The van der Waals surface area contributed by atoms with Crippen LogP contribution in [-0.4, -0.2) is 34.7 Å². The summed E-state index contributed by atoms with van der Waals surface area (Å²) < 4.78 is 9.93. The number of morpholine rings is 1. The number of nitrogens with zero attached hydrogens (tertiary/aromatic N) is 3. The first-order chi connectivity index (χ1) is 9.59. The van der Waals surface area contributed by atoms with Crippen LogP contribution in [0.25, 0.3) is 11.1 Å². The van der Waals surface area contributed by atoms with Crippen molar-refractivity contribution in [3.63, 3.8) is 0 Å². The summed E-state index contributed by atoms with van der Waals surface area (Å²) in [5.41, 5.74) is 8.02. The third-order valence-electron chi connectivity index (χ3n) is 3.54. The van der Waals surface area contributed by atoms with E-state index in [2.05, 4.69) is 28.1 Å². The summed E-state index contributed by atoms with van der Waals surface area (Å²) in [7, 11) is 0. The number of nitrogen functional groups attached to an aromatic ring is 1. The number of nitrogens with two attached hydrogens (primary N) is 1. The van der Waals surface area contributed by atoms with Gasteiger partial charge in [-0.1, -0.05) is 6.07 Å². The Hall–Kier alpha value is -1.66. The van der Waals surface area contributed by atoms with Crippen LogP contribution in [-0.2, 0) is 4.74 Å².